The first-order valence-corrected chi connectivity index (χ1v) is 6.93. The van der Waals surface area contributed by atoms with Crippen molar-refractivity contribution in [3.05, 3.63) is 17.8 Å². The molecular weight excluding hydrogens is 242 g/mol. The molecule has 0 N–H and O–H groups in total. The molecule has 19 heavy (non-hydrogen) atoms. The quantitative estimate of drug-likeness (QED) is 0.810. The summed E-state index contributed by atoms with van der Waals surface area (Å²) in [4.78, 5) is 2.29. The van der Waals surface area contributed by atoms with Crippen molar-refractivity contribution in [1.29, 1.82) is 0 Å². The van der Waals surface area contributed by atoms with Crippen LogP contribution in [0.25, 0.3) is 0 Å². The van der Waals surface area contributed by atoms with E-state index < -0.39 is 0 Å². The number of hydrogen-bond acceptors (Lipinski definition) is 5. The normalized spacial score (nSPS) is 26.0. The van der Waals surface area contributed by atoms with Crippen LogP contribution in [-0.4, -0.2) is 48.7 Å². The number of piperidine rings is 1. The van der Waals surface area contributed by atoms with Crippen LogP contribution in [0.5, 0.6) is 0 Å². The molecule has 104 valence electrons. The molecular formula is C14H21N3O2. The minimum absolute atomic E-state index is 0.0370. The van der Waals surface area contributed by atoms with Crippen LogP contribution in [0.3, 0.4) is 0 Å². The fraction of sp³-hybridized carbons (Fsp3) is 0.714. The average molecular weight is 263 g/mol. The van der Waals surface area contributed by atoms with Gasteiger partial charge >= 0.3 is 0 Å². The van der Waals surface area contributed by atoms with E-state index in [0.717, 1.165) is 50.5 Å². The van der Waals surface area contributed by atoms with Gasteiger partial charge in [-0.15, -0.1) is 5.10 Å². The Morgan fingerprint density at radius 3 is 2.68 bits per heavy atom. The molecule has 0 aliphatic carbocycles. The summed E-state index contributed by atoms with van der Waals surface area (Å²) in [5, 5.41) is 8.38. The second kappa shape index (κ2) is 5.06. The number of aryl methyl sites for hydroxylation is 1. The summed E-state index contributed by atoms with van der Waals surface area (Å²) in [7, 11) is 1.77. The van der Waals surface area contributed by atoms with E-state index in [9.17, 15) is 0 Å². The third kappa shape index (κ3) is 2.58. The third-order valence-corrected chi connectivity index (χ3v) is 4.29. The zero-order valence-corrected chi connectivity index (χ0v) is 11.6. The number of ether oxygens (including phenoxy) is 2. The van der Waals surface area contributed by atoms with Crippen molar-refractivity contribution in [2.45, 2.75) is 37.9 Å². The van der Waals surface area contributed by atoms with Gasteiger partial charge < -0.3 is 14.4 Å². The van der Waals surface area contributed by atoms with Crippen LogP contribution in [-0.2, 0) is 9.47 Å². The first kappa shape index (κ1) is 12.8. The molecule has 5 nitrogen and oxygen atoms in total. The monoisotopic (exact) mass is 263 g/mol. The standard InChI is InChI=1S/C14H21N3O2/c1-11-3-4-13(16-15-11)17-7-5-14(6-8-17)9-12(18-2)10-19-14/h3-4,12H,5-10H2,1-2H3. The lowest BCUT2D eigenvalue weighted by atomic mass is 9.88. The molecule has 2 fully saturated rings. The second-order valence-electron chi connectivity index (χ2n) is 5.58. The molecule has 1 spiro atoms. The molecule has 3 rings (SSSR count). The molecule has 2 saturated heterocycles. The van der Waals surface area contributed by atoms with Crippen molar-refractivity contribution in [1.82, 2.24) is 10.2 Å². The summed E-state index contributed by atoms with van der Waals surface area (Å²) in [5.41, 5.74) is 0.995. The van der Waals surface area contributed by atoms with E-state index in [1.54, 1.807) is 7.11 Å². The van der Waals surface area contributed by atoms with Crippen molar-refractivity contribution in [3.63, 3.8) is 0 Å². The van der Waals surface area contributed by atoms with Gasteiger partial charge in [-0.1, -0.05) is 0 Å². The second-order valence-corrected chi connectivity index (χ2v) is 5.58. The molecule has 1 aromatic heterocycles. The number of nitrogens with zero attached hydrogens (tertiary/aromatic N) is 3. The first-order chi connectivity index (χ1) is 9.21. The summed E-state index contributed by atoms with van der Waals surface area (Å²) < 4.78 is 11.4. The van der Waals surface area contributed by atoms with Gasteiger partial charge in [0.15, 0.2) is 5.82 Å². The lowest BCUT2D eigenvalue weighted by Gasteiger charge is -2.38. The highest BCUT2D eigenvalue weighted by Crippen LogP contribution is 2.37. The van der Waals surface area contributed by atoms with E-state index in [-0.39, 0.29) is 11.7 Å². The third-order valence-electron chi connectivity index (χ3n) is 4.29. The van der Waals surface area contributed by atoms with Gasteiger partial charge in [-0.25, -0.2) is 0 Å². The molecule has 2 aliphatic heterocycles. The minimum Gasteiger partial charge on any atom is -0.379 e. The van der Waals surface area contributed by atoms with E-state index >= 15 is 0 Å². The highest BCUT2D eigenvalue weighted by atomic mass is 16.6. The predicted octanol–water partition coefficient (Wildman–Crippen LogP) is 1.56. The summed E-state index contributed by atoms with van der Waals surface area (Å²) in [5.74, 6) is 0.974. The maximum atomic E-state index is 6.00. The van der Waals surface area contributed by atoms with Crippen molar-refractivity contribution in [2.75, 3.05) is 31.7 Å². The van der Waals surface area contributed by atoms with Crippen LogP contribution in [0.2, 0.25) is 0 Å². The Balaban J connectivity index is 1.62. The molecule has 3 heterocycles. The molecule has 0 radical (unpaired) electrons. The number of hydrogen-bond donors (Lipinski definition) is 0. The topological polar surface area (TPSA) is 47.5 Å². The largest absolute Gasteiger partial charge is 0.379 e. The van der Waals surface area contributed by atoms with Crippen LogP contribution >= 0.6 is 0 Å². The number of methoxy groups -OCH3 is 1. The Bertz CT molecular complexity index is 427. The van der Waals surface area contributed by atoms with Crippen molar-refractivity contribution >= 4 is 5.82 Å². The van der Waals surface area contributed by atoms with Gasteiger partial charge in [0.1, 0.15) is 0 Å². The maximum Gasteiger partial charge on any atom is 0.151 e. The fourth-order valence-corrected chi connectivity index (χ4v) is 3.01. The highest BCUT2D eigenvalue weighted by molar-refractivity contribution is 5.38. The van der Waals surface area contributed by atoms with Crippen molar-refractivity contribution in [2.24, 2.45) is 0 Å². The Kier molecular flexibility index (Phi) is 3.41. The van der Waals surface area contributed by atoms with Crippen LogP contribution in [0.15, 0.2) is 12.1 Å². The molecule has 0 saturated carbocycles. The summed E-state index contributed by atoms with van der Waals surface area (Å²) in [6.45, 7) is 4.66. The van der Waals surface area contributed by atoms with Crippen molar-refractivity contribution < 1.29 is 9.47 Å². The minimum atomic E-state index is 0.0370. The molecule has 2 aliphatic rings. The summed E-state index contributed by atoms with van der Waals surface area (Å²) >= 11 is 0. The molecule has 0 aromatic carbocycles. The van der Waals surface area contributed by atoms with Crippen LogP contribution in [0.4, 0.5) is 5.82 Å². The summed E-state index contributed by atoms with van der Waals surface area (Å²) in [6.07, 6.45) is 3.38. The van der Waals surface area contributed by atoms with E-state index in [4.69, 9.17) is 9.47 Å². The zero-order chi connectivity index (χ0) is 13.3. The SMILES string of the molecule is COC1COC2(CCN(c3ccc(C)nn3)CC2)C1. The summed E-state index contributed by atoms with van der Waals surface area (Å²) in [6, 6.07) is 4.06. The molecule has 1 aromatic rings. The number of anilines is 1. The zero-order valence-electron chi connectivity index (χ0n) is 11.6. The van der Waals surface area contributed by atoms with Crippen molar-refractivity contribution in [3.8, 4) is 0 Å². The van der Waals surface area contributed by atoms with Crippen LogP contribution in [0.1, 0.15) is 25.0 Å². The highest BCUT2D eigenvalue weighted by Gasteiger charge is 2.43. The van der Waals surface area contributed by atoms with Crippen LogP contribution < -0.4 is 4.90 Å². The Morgan fingerprint density at radius 1 is 1.32 bits per heavy atom. The van der Waals surface area contributed by atoms with Gasteiger partial charge in [-0.3, -0.25) is 0 Å². The van der Waals surface area contributed by atoms with E-state index in [1.165, 1.54) is 0 Å². The first-order valence-electron chi connectivity index (χ1n) is 6.93. The van der Waals surface area contributed by atoms with Gasteiger partial charge in [0.25, 0.3) is 0 Å². The van der Waals surface area contributed by atoms with E-state index in [1.807, 2.05) is 19.1 Å². The molecule has 1 unspecified atom stereocenters. The smallest absolute Gasteiger partial charge is 0.151 e. The van der Waals surface area contributed by atoms with E-state index in [2.05, 4.69) is 15.1 Å². The fourth-order valence-electron chi connectivity index (χ4n) is 3.01. The lowest BCUT2D eigenvalue weighted by Crippen LogP contribution is -2.44. The van der Waals surface area contributed by atoms with Gasteiger partial charge in [0.2, 0.25) is 0 Å². The molecule has 1 atom stereocenters. The number of aromatic nitrogens is 2. The van der Waals surface area contributed by atoms with Gasteiger partial charge in [0.05, 0.1) is 24.0 Å². The Hall–Kier alpha value is -1.20. The molecule has 0 bridgehead atoms. The van der Waals surface area contributed by atoms with Gasteiger partial charge in [-0.05, 0) is 31.9 Å². The Morgan fingerprint density at radius 2 is 2.11 bits per heavy atom. The molecule has 0 amide bonds. The maximum absolute atomic E-state index is 6.00. The average Bonchev–Trinajstić information content (AvgIpc) is 2.84. The van der Waals surface area contributed by atoms with E-state index in [0.29, 0.717) is 0 Å². The predicted molar refractivity (Wildman–Crippen MR) is 72.3 cm³/mol. The lowest BCUT2D eigenvalue weighted by molar-refractivity contribution is -0.0177. The van der Waals surface area contributed by atoms with Gasteiger partial charge in [0, 0.05) is 26.6 Å². The van der Waals surface area contributed by atoms with Crippen LogP contribution in [0, 0.1) is 6.92 Å². The Labute approximate surface area is 113 Å². The van der Waals surface area contributed by atoms with Gasteiger partial charge in [-0.2, -0.15) is 5.10 Å². The number of rotatable bonds is 2. The molecule has 5 heteroatoms.